The maximum absolute atomic E-state index is 9.19. The summed E-state index contributed by atoms with van der Waals surface area (Å²) in [4.78, 5) is 2.43. The predicted octanol–water partition coefficient (Wildman–Crippen LogP) is 2.77. The van der Waals surface area contributed by atoms with E-state index in [4.69, 9.17) is 0 Å². The Morgan fingerprint density at radius 3 is 2.40 bits per heavy atom. The van der Waals surface area contributed by atoms with E-state index in [1.807, 2.05) is 12.1 Å². The Morgan fingerprint density at radius 1 is 1.20 bits per heavy atom. The normalized spacial score (nSPS) is 17.5. The van der Waals surface area contributed by atoms with E-state index in [1.54, 1.807) is 12.1 Å². The van der Waals surface area contributed by atoms with Crippen LogP contribution >= 0.6 is 0 Å². The lowest BCUT2D eigenvalue weighted by Crippen LogP contribution is -2.28. The van der Waals surface area contributed by atoms with Gasteiger partial charge in [0.05, 0.1) is 0 Å². The number of nitrogens with zero attached hydrogens (tertiary/aromatic N) is 1. The summed E-state index contributed by atoms with van der Waals surface area (Å²) >= 11 is 0. The summed E-state index contributed by atoms with van der Waals surface area (Å²) in [5, 5.41) is 9.19. The van der Waals surface area contributed by atoms with Gasteiger partial charge in [-0.2, -0.15) is 0 Å². The van der Waals surface area contributed by atoms with Gasteiger partial charge in [0.1, 0.15) is 5.75 Å². The number of hydrogen-bond donors (Lipinski definition) is 1. The van der Waals surface area contributed by atoms with Gasteiger partial charge in [0.25, 0.3) is 0 Å². The Hall–Kier alpha value is -1.02. The molecule has 0 heterocycles. The minimum Gasteiger partial charge on any atom is -0.508 e. The van der Waals surface area contributed by atoms with Crippen LogP contribution < -0.4 is 0 Å². The largest absolute Gasteiger partial charge is 0.508 e. The van der Waals surface area contributed by atoms with Crippen molar-refractivity contribution in [2.75, 3.05) is 7.05 Å². The minimum absolute atomic E-state index is 0.349. The summed E-state index contributed by atoms with van der Waals surface area (Å²) in [6.07, 6.45) is 5.44. The first-order chi connectivity index (χ1) is 7.25. The van der Waals surface area contributed by atoms with Gasteiger partial charge in [0.15, 0.2) is 0 Å². The van der Waals surface area contributed by atoms with Crippen molar-refractivity contribution in [3.05, 3.63) is 29.8 Å². The molecule has 2 heteroatoms. The molecular weight excluding hydrogens is 186 g/mol. The van der Waals surface area contributed by atoms with Crippen molar-refractivity contribution in [1.29, 1.82) is 0 Å². The van der Waals surface area contributed by atoms with Crippen LogP contribution in [0.15, 0.2) is 24.3 Å². The molecule has 1 fully saturated rings. The molecule has 0 saturated heterocycles. The van der Waals surface area contributed by atoms with Crippen molar-refractivity contribution in [2.24, 2.45) is 0 Å². The topological polar surface area (TPSA) is 23.5 Å². The van der Waals surface area contributed by atoms with Crippen LogP contribution in [0, 0.1) is 0 Å². The van der Waals surface area contributed by atoms with Crippen LogP contribution in [0.3, 0.4) is 0 Å². The number of rotatable bonds is 3. The Morgan fingerprint density at radius 2 is 1.80 bits per heavy atom. The first kappa shape index (κ1) is 10.5. The Balaban J connectivity index is 1.92. The van der Waals surface area contributed by atoms with E-state index in [2.05, 4.69) is 11.9 Å². The molecule has 0 amide bonds. The van der Waals surface area contributed by atoms with E-state index in [9.17, 15) is 5.11 Å². The Bertz CT molecular complexity index is 301. The molecule has 1 aromatic rings. The number of phenolic OH excluding ortho intramolecular Hbond substituents is 1. The van der Waals surface area contributed by atoms with Gasteiger partial charge in [-0.25, -0.2) is 0 Å². The maximum Gasteiger partial charge on any atom is 0.115 e. The van der Waals surface area contributed by atoms with E-state index in [1.165, 1.54) is 31.2 Å². The summed E-state index contributed by atoms with van der Waals surface area (Å²) in [5.41, 5.74) is 1.28. The van der Waals surface area contributed by atoms with Gasteiger partial charge in [-0.05, 0) is 37.6 Å². The zero-order chi connectivity index (χ0) is 10.7. The van der Waals surface area contributed by atoms with Gasteiger partial charge in [-0.3, -0.25) is 4.90 Å². The van der Waals surface area contributed by atoms with Crippen molar-refractivity contribution in [1.82, 2.24) is 4.90 Å². The standard InChI is InChI=1S/C13H19NO/c1-14(12-4-2-3-5-12)10-11-6-8-13(15)9-7-11/h6-9,12,15H,2-5,10H2,1H3. The average molecular weight is 205 g/mol. The monoisotopic (exact) mass is 205 g/mol. The second-order valence-corrected chi connectivity index (χ2v) is 4.52. The van der Waals surface area contributed by atoms with Gasteiger partial charge in [-0.1, -0.05) is 25.0 Å². The van der Waals surface area contributed by atoms with E-state index in [0.29, 0.717) is 5.75 Å². The molecule has 82 valence electrons. The molecule has 1 aliphatic rings. The van der Waals surface area contributed by atoms with Gasteiger partial charge in [0, 0.05) is 12.6 Å². The Labute approximate surface area is 91.5 Å². The highest BCUT2D eigenvalue weighted by Gasteiger charge is 2.19. The third-order valence-electron chi connectivity index (χ3n) is 3.32. The summed E-state index contributed by atoms with van der Waals surface area (Å²) in [6, 6.07) is 8.29. The zero-order valence-electron chi connectivity index (χ0n) is 9.32. The number of phenols is 1. The first-order valence-electron chi connectivity index (χ1n) is 5.74. The third kappa shape index (κ3) is 2.72. The van der Waals surface area contributed by atoms with Crippen LogP contribution in [-0.2, 0) is 6.54 Å². The SMILES string of the molecule is CN(Cc1ccc(O)cc1)C1CCCC1. The van der Waals surface area contributed by atoms with Crippen molar-refractivity contribution in [2.45, 2.75) is 38.3 Å². The summed E-state index contributed by atoms with van der Waals surface area (Å²) in [5.74, 6) is 0.349. The molecule has 1 aliphatic carbocycles. The molecule has 2 nitrogen and oxygen atoms in total. The molecule has 0 unspecified atom stereocenters. The molecule has 1 N–H and O–H groups in total. The third-order valence-corrected chi connectivity index (χ3v) is 3.32. The van der Waals surface area contributed by atoms with Crippen molar-refractivity contribution in [3.8, 4) is 5.75 Å². The van der Waals surface area contributed by atoms with Crippen LogP contribution in [0.2, 0.25) is 0 Å². The fourth-order valence-electron chi connectivity index (χ4n) is 2.36. The molecule has 1 saturated carbocycles. The molecule has 0 aromatic heterocycles. The molecule has 1 aromatic carbocycles. The van der Waals surface area contributed by atoms with Gasteiger partial charge in [-0.15, -0.1) is 0 Å². The molecule has 0 atom stereocenters. The highest BCUT2D eigenvalue weighted by atomic mass is 16.3. The number of hydrogen-bond acceptors (Lipinski definition) is 2. The minimum atomic E-state index is 0.349. The molecular formula is C13H19NO. The highest BCUT2D eigenvalue weighted by molar-refractivity contribution is 5.25. The fourth-order valence-corrected chi connectivity index (χ4v) is 2.36. The van der Waals surface area contributed by atoms with Crippen molar-refractivity contribution >= 4 is 0 Å². The fraction of sp³-hybridized carbons (Fsp3) is 0.538. The van der Waals surface area contributed by atoms with Gasteiger partial charge in [0.2, 0.25) is 0 Å². The van der Waals surface area contributed by atoms with Gasteiger partial charge < -0.3 is 5.11 Å². The van der Waals surface area contributed by atoms with Crippen molar-refractivity contribution < 1.29 is 5.11 Å². The number of aromatic hydroxyl groups is 1. The highest BCUT2D eigenvalue weighted by Crippen LogP contribution is 2.23. The summed E-state index contributed by atoms with van der Waals surface area (Å²) < 4.78 is 0. The quantitative estimate of drug-likeness (QED) is 0.820. The van der Waals surface area contributed by atoms with E-state index in [0.717, 1.165) is 12.6 Å². The summed E-state index contributed by atoms with van der Waals surface area (Å²) in [6.45, 7) is 0.991. The molecule has 0 aliphatic heterocycles. The molecule has 2 rings (SSSR count). The number of benzene rings is 1. The molecule has 0 radical (unpaired) electrons. The van der Waals surface area contributed by atoms with Crippen molar-refractivity contribution in [3.63, 3.8) is 0 Å². The van der Waals surface area contributed by atoms with E-state index < -0.39 is 0 Å². The van der Waals surface area contributed by atoms with Crippen LogP contribution in [0.4, 0.5) is 0 Å². The van der Waals surface area contributed by atoms with E-state index in [-0.39, 0.29) is 0 Å². The lowest BCUT2D eigenvalue weighted by molar-refractivity contribution is 0.237. The lowest BCUT2D eigenvalue weighted by atomic mass is 10.1. The second-order valence-electron chi connectivity index (χ2n) is 4.52. The Kier molecular flexibility index (Phi) is 3.27. The maximum atomic E-state index is 9.19. The molecule has 0 spiro atoms. The zero-order valence-corrected chi connectivity index (χ0v) is 9.32. The van der Waals surface area contributed by atoms with E-state index >= 15 is 0 Å². The van der Waals surface area contributed by atoms with Crippen LogP contribution in [0.5, 0.6) is 5.75 Å². The smallest absolute Gasteiger partial charge is 0.115 e. The lowest BCUT2D eigenvalue weighted by Gasteiger charge is -2.23. The predicted molar refractivity (Wildman–Crippen MR) is 61.8 cm³/mol. The second kappa shape index (κ2) is 4.67. The molecule has 15 heavy (non-hydrogen) atoms. The molecule has 0 bridgehead atoms. The van der Waals surface area contributed by atoms with Crippen LogP contribution in [0.25, 0.3) is 0 Å². The van der Waals surface area contributed by atoms with Crippen LogP contribution in [0.1, 0.15) is 31.2 Å². The van der Waals surface area contributed by atoms with Crippen LogP contribution in [-0.4, -0.2) is 23.1 Å². The average Bonchev–Trinajstić information content (AvgIpc) is 2.74. The van der Waals surface area contributed by atoms with Gasteiger partial charge >= 0.3 is 0 Å². The first-order valence-corrected chi connectivity index (χ1v) is 5.74. The summed E-state index contributed by atoms with van der Waals surface area (Å²) in [7, 11) is 2.20.